The van der Waals surface area contributed by atoms with Gasteiger partial charge in [-0.3, -0.25) is 4.99 Å². The Morgan fingerprint density at radius 2 is 2.21 bits per heavy atom. The van der Waals surface area contributed by atoms with Crippen LogP contribution in [0.15, 0.2) is 29.3 Å². The second-order valence-corrected chi connectivity index (χ2v) is 2.64. The van der Waals surface area contributed by atoms with Crippen molar-refractivity contribution in [3.8, 4) is 17.6 Å². The monoisotopic (exact) mass is 187 g/mol. The largest absolute Gasteiger partial charge is 0.496 e. The van der Waals surface area contributed by atoms with Crippen molar-refractivity contribution in [2.24, 2.45) is 4.99 Å². The molecule has 14 heavy (non-hydrogen) atoms. The number of nitrogens with zero attached hydrogens (tertiary/aromatic N) is 1. The Kier molecular flexibility index (Phi) is 4.30. The first-order valence-electron chi connectivity index (χ1n) is 4.41. The highest BCUT2D eigenvalue weighted by Gasteiger charge is 1.95. The fraction of sp³-hybridized carbons (Fsp3) is 0.250. The normalized spacial score (nSPS) is 9.57. The molecule has 0 atom stereocenters. The summed E-state index contributed by atoms with van der Waals surface area (Å²) in [5.41, 5.74) is 0.980. The molecule has 2 nitrogen and oxygen atoms in total. The van der Waals surface area contributed by atoms with Gasteiger partial charge in [-0.05, 0) is 19.1 Å². The van der Waals surface area contributed by atoms with Crippen molar-refractivity contribution in [3.05, 3.63) is 29.8 Å². The zero-order chi connectivity index (χ0) is 10.2. The third-order valence-corrected chi connectivity index (χ3v) is 1.72. The lowest BCUT2D eigenvalue weighted by Gasteiger charge is -2.01. The highest BCUT2D eigenvalue weighted by molar-refractivity contribution is 5.83. The van der Waals surface area contributed by atoms with Crippen LogP contribution in [0.2, 0.25) is 0 Å². The molecule has 0 spiro atoms. The highest BCUT2D eigenvalue weighted by atomic mass is 16.5. The molecule has 0 radical (unpaired) electrons. The van der Waals surface area contributed by atoms with Crippen LogP contribution in [0.25, 0.3) is 0 Å². The molecule has 1 rings (SSSR count). The van der Waals surface area contributed by atoms with Crippen molar-refractivity contribution in [1.82, 2.24) is 0 Å². The molecule has 0 N–H and O–H groups in total. The zero-order valence-corrected chi connectivity index (χ0v) is 8.45. The van der Waals surface area contributed by atoms with Crippen LogP contribution in [-0.4, -0.2) is 19.9 Å². The van der Waals surface area contributed by atoms with E-state index in [1.165, 1.54) is 0 Å². The van der Waals surface area contributed by atoms with Gasteiger partial charge in [0.05, 0.1) is 13.7 Å². The SMILES string of the molecule is CC#CC/N=C/c1ccccc1OC. The summed E-state index contributed by atoms with van der Waals surface area (Å²) in [6.07, 6.45) is 1.78. The number of ether oxygens (including phenoxy) is 1. The second kappa shape index (κ2) is 5.82. The fourth-order valence-corrected chi connectivity index (χ4v) is 1.04. The van der Waals surface area contributed by atoms with Crippen LogP contribution in [-0.2, 0) is 0 Å². The highest BCUT2D eigenvalue weighted by Crippen LogP contribution is 2.14. The molecule has 0 bridgehead atoms. The van der Waals surface area contributed by atoms with Crippen molar-refractivity contribution in [2.75, 3.05) is 13.7 Å². The number of para-hydroxylation sites is 1. The maximum Gasteiger partial charge on any atom is 0.127 e. The lowest BCUT2D eigenvalue weighted by Crippen LogP contribution is -1.90. The van der Waals surface area contributed by atoms with Crippen molar-refractivity contribution >= 4 is 6.21 Å². The molecule has 1 aromatic carbocycles. The van der Waals surface area contributed by atoms with Gasteiger partial charge in [0.25, 0.3) is 0 Å². The number of benzene rings is 1. The van der Waals surface area contributed by atoms with Crippen LogP contribution in [0.1, 0.15) is 12.5 Å². The molecular formula is C12H13NO. The third-order valence-electron chi connectivity index (χ3n) is 1.72. The second-order valence-electron chi connectivity index (χ2n) is 2.64. The summed E-state index contributed by atoms with van der Waals surface area (Å²) >= 11 is 0. The minimum absolute atomic E-state index is 0.536. The van der Waals surface area contributed by atoms with Crippen LogP contribution in [0.5, 0.6) is 5.75 Å². The van der Waals surface area contributed by atoms with E-state index in [0.29, 0.717) is 6.54 Å². The predicted octanol–water partition coefficient (Wildman–Crippen LogP) is 2.14. The van der Waals surface area contributed by atoms with Crippen molar-refractivity contribution in [3.63, 3.8) is 0 Å². The summed E-state index contributed by atoms with van der Waals surface area (Å²) in [6, 6.07) is 7.76. The number of hydrogen-bond donors (Lipinski definition) is 0. The zero-order valence-electron chi connectivity index (χ0n) is 8.45. The van der Waals surface area contributed by atoms with E-state index in [-0.39, 0.29) is 0 Å². The Bertz CT molecular complexity index is 371. The molecule has 0 aliphatic rings. The number of methoxy groups -OCH3 is 1. The average Bonchev–Trinajstić information content (AvgIpc) is 2.25. The van der Waals surface area contributed by atoms with E-state index in [2.05, 4.69) is 16.8 Å². The van der Waals surface area contributed by atoms with E-state index in [4.69, 9.17) is 4.74 Å². The Morgan fingerprint density at radius 1 is 1.43 bits per heavy atom. The van der Waals surface area contributed by atoms with Crippen LogP contribution in [0, 0.1) is 11.8 Å². The van der Waals surface area contributed by atoms with E-state index in [1.54, 1.807) is 20.2 Å². The van der Waals surface area contributed by atoms with E-state index in [1.807, 2.05) is 24.3 Å². The molecule has 1 aromatic rings. The Morgan fingerprint density at radius 3 is 2.93 bits per heavy atom. The smallest absolute Gasteiger partial charge is 0.127 e. The summed E-state index contributed by atoms with van der Waals surface area (Å²) < 4.78 is 5.18. The van der Waals surface area contributed by atoms with E-state index in [0.717, 1.165) is 11.3 Å². The first-order valence-corrected chi connectivity index (χ1v) is 4.41. The van der Waals surface area contributed by atoms with Crippen molar-refractivity contribution in [1.29, 1.82) is 0 Å². The van der Waals surface area contributed by atoms with Gasteiger partial charge in [0, 0.05) is 11.8 Å². The van der Waals surface area contributed by atoms with E-state index < -0.39 is 0 Å². The molecular weight excluding hydrogens is 174 g/mol. The van der Waals surface area contributed by atoms with E-state index >= 15 is 0 Å². The van der Waals surface area contributed by atoms with E-state index in [9.17, 15) is 0 Å². The molecule has 0 saturated carbocycles. The first kappa shape index (κ1) is 10.3. The summed E-state index contributed by atoms with van der Waals surface area (Å²) in [4.78, 5) is 4.16. The molecule has 0 heterocycles. The lowest BCUT2D eigenvalue weighted by atomic mass is 10.2. The first-order chi connectivity index (χ1) is 6.88. The Labute approximate surface area is 84.6 Å². The standard InChI is InChI=1S/C12H13NO/c1-3-4-9-13-10-11-7-5-6-8-12(11)14-2/h5-8,10H,9H2,1-2H3/b13-10+. The van der Waals surface area contributed by atoms with Gasteiger partial charge < -0.3 is 4.74 Å². The van der Waals surface area contributed by atoms with Gasteiger partial charge in [-0.1, -0.05) is 18.1 Å². The molecule has 0 unspecified atom stereocenters. The fourth-order valence-electron chi connectivity index (χ4n) is 1.04. The summed E-state index contributed by atoms with van der Waals surface area (Å²) in [5, 5.41) is 0. The van der Waals surface area contributed by atoms with Crippen LogP contribution in [0.3, 0.4) is 0 Å². The predicted molar refractivity (Wildman–Crippen MR) is 58.9 cm³/mol. The maximum atomic E-state index is 5.18. The summed E-state index contributed by atoms with van der Waals surface area (Å²) in [7, 11) is 1.65. The van der Waals surface area contributed by atoms with Gasteiger partial charge in [0.2, 0.25) is 0 Å². The summed E-state index contributed by atoms with van der Waals surface area (Å²) in [5.74, 6) is 6.49. The van der Waals surface area contributed by atoms with Crippen LogP contribution in [0.4, 0.5) is 0 Å². The molecule has 0 fully saturated rings. The molecule has 0 saturated heterocycles. The van der Waals surface area contributed by atoms with Crippen molar-refractivity contribution < 1.29 is 4.74 Å². The molecule has 2 heteroatoms. The van der Waals surface area contributed by atoms with Crippen LogP contribution >= 0.6 is 0 Å². The third kappa shape index (κ3) is 2.95. The molecule has 0 aromatic heterocycles. The van der Waals surface area contributed by atoms with Gasteiger partial charge in [-0.2, -0.15) is 0 Å². The number of aliphatic imine (C=N–C) groups is 1. The van der Waals surface area contributed by atoms with Gasteiger partial charge >= 0.3 is 0 Å². The summed E-state index contributed by atoms with van der Waals surface area (Å²) in [6.45, 7) is 2.34. The lowest BCUT2D eigenvalue weighted by molar-refractivity contribution is 0.414. The van der Waals surface area contributed by atoms with Gasteiger partial charge in [-0.15, -0.1) is 5.92 Å². The Balaban J connectivity index is 2.73. The topological polar surface area (TPSA) is 21.6 Å². The Hall–Kier alpha value is -1.75. The minimum Gasteiger partial charge on any atom is -0.496 e. The maximum absolute atomic E-state index is 5.18. The minimum atomic E-state index is 0.536. The number of hydrogen-bond acceptors (Lipinski definition) is 2. The molecule has 0 amide bonds. The van der Waals surface area contributed by atoms with Crippen LogP contribution < -0.4 is 4.74 Å². The van der Waals surface area contributed by atoms with Gasteiger partial charge in [0.15, 0.2) is 0 Å². The average molecular weight is 187 g/mol. The number of rotatable bonds is 3. The van der Waals surface area contributed by atoms with Gasteiger partial charge in [-0.25, -0.2) is 0 Å². The molecule has 0 aliphatic heterocycles. The van der Waals surface area contributed by atoms with Crippen molar-refractivity contribution in [2.45, 2.75) is 6.92 Å². The quantitative estimate of drug-likeness (QED) is 0.524. The molecule has 72 valence electrons. The van der Waals surface area contributed by atoms with Gasteiger partial charge in [0.1, 0.15) is 5.75 Å². The molecule has 0 aliphatic carbocycles.